The van der Waals surface area contributed by atoms with E-state index in [0.29, 0.717) is 5.69 Å². The number of benzene rings is 1. The maximum Gasteiger partial charge on any atom is 0.209 e. The number of nitrogen functional groups attached to an aromatic ring is 1. The van der Waals surface area contributed by atoms with Crippen LogP contribution in [0.25, 0.3) is 11.1 Å². The smallest absolute Gasteiger partial charge is 0.209 e. The highest BCUT2D eigenvalue weighted by Gasteiger charge is 2.08. The highest BCUT2D eigenvalue weighted by molar-refractivity contribution is 5.76. The molecular formula is C13H19N3O. The number of hydrogen-bond donors (Lipinski definition) is 1. The molecular weight excluding hydrogens is 214 g/mol. The highest BCUT2D eigenvalue weighted by atomic mass is 16.3. The number of nitrogens with zero attached hydrogens (tertiary/aromatic N) is 2. The summed E-state index contributed by atoms with van der Waals surface area (Å²) in [5.74, 6) is 0.754. The van der Waals surface area contributed by atoms with Gasteiger partial charge in [-0.2, -0.15) is 0 Å². The molecule has 2 N–H and O–H groups in total. The summed E-state index contributed by atoms with van der Waals surface area (Å²) in [6.07, 6.45) is 2.40. The molecule has 1 aromatic carbocycles. The molecule has 0 aliphatic carbocycles. The Bertz CT molecular complexity index is 492. The maximum absolute atomic E-state index is 5.70. The van der Waals surface area contributed by atoms with E-state index in [4.69, 9.17) is 10.2 Å². The molecule has 1 aromatic heterocycles. The van der Waals surface area contributed by atoms with Crippen molar-refractivity contribution in [2.24, 2.45) is 0 Å². The largest absolute Gasteiger partial charge is 0.439 e. The van der Waals surface area contributed by atoms with E-state index in [-0.39, 0.29) is 0 Å². The van der Waals surface area contributed by atoms with Gasteiger partial charge in [0.2, 0.25) is 5.89 Å². The van der Waals surface area contributed by atoms with Crippen LogP contribution >= 0.6 is 0 Å². The molecule has 0 aliphatic rings. The van der Waals surface area contributed by atoms with E-state index >= 15 is 0 Å². The van der Waals surface area contributed by atoms with Gasteiger partial charge in [-0.1, -0.05) is 13.3 Å². The first-order chi connectivity index (χ1) is 8.19. The molecule has 17 heavy (non-hydrogen) atoms. The molecule has 0 saturated carbocycles. The van der Waals surface area contributed by atoms with Crippen LogP contribution in [0.15, 0.2) is 22.6 Å². The second-order valence-electron chi connectivity index (χ2n) is 4.43. The molecule has 2 aromatic rings. The monoisotopic (exact) mass is 233 g/mol. The molecule has 1 heterocycles. The average Bonchev–Trinajstić information content (AvgIpc) is 2.67. The Morgan fingerprint density at radius 3 is 3.00 bits per heavy atom. The minimum atomic E-state index is 0.708. The third kappa shape index (κ3) is 2.97. The summed E-state index contributed by atoms with van der Waals surface area (Å²) in [5, 5.41) is 0. The van der Waals surface area contributed by atoms with Crippen LogP contribution in [-0.4, -0.2) is 23.5 Å². The number of aromatic nitrogens is 1. The molecule has 92 valence electrons. The first-order valence-corrected chi connectivity index (χ1v) is 6.02. The standard InChI is InChI=1S/C13H19N3O/c1-3-4-7-16(2)9-13-15-11-6-5-10(14)8-12(11)17-13/h5-6,8H,3-4,7,9,14H2,1-2H3. The predicted molar refractivity (Wildman–Crippen MR) is 69.7 cm³/mol. The Morgan fingerprint density at radius 2 is 2.24 bits per heavy atom. The molecule has 4 nitrogen and oxygen atoms in total. The fourth-order valence-corrected chi connectivity index (χ4v) is 1.79. The lowest BCUT2D eigenvalue weighted by atomic mass is 10.3. The van der Waals surface area contributed by atoms with Crippen LogP contribution in [0.2, 0.25) is 0 Å². The van der Waals surface area contributed by atoms with Gasteiger partial charge in [-0.3, -0.25) is 4.90 Å². The van der Waals surface area contributed by atoms with Gasteiger partial charge in [0.05, 0.1) is 6.54 Å². The number of anilines is 1. The minimum Gasteiger partial charge on any atom is -0.439 e. The van der Waals surface area contributed by atoms with Crippen molar-refractivity contribution < 1.29 is 4.42 Å². The molecule has 0 aliphatic heterocycles. The molecule has 0 radical (unpaired) electrons. The van der Waals surface area contributed by atoms with Gasteiger partial charge in [0, 0.05) is 11.8 Å². The Labute approximate surface area is 101 Å². The van der Waals surface area contributed by atoms with Crippen LogP contribution in [-0.2, 0) is 6.54 Å². The first-order valence-electron chi connectivity index (χ1n) is 6.02. The van der Waals surface area contributed by atoms with Crippen molar-refractivity contribution >= 4 is 16.8 Å². The van der Waals surface area contributed by atoms with Crippen molar-refractivity contribution in [3.8, 4) is 0 Å². The van der Waals surface area contributed by atoms with E-state index in [9.17, 15) is 0 Å². The third-order valence-corrected chi connectivity index (χ3v) is 2.76. The van der Waals surface area contributed by atoms with Crippen LogP contribution in [0, 0.1) is 0 Å². The Balaban J connectivity index is 2.08. The van der Waals surface area contributed by atoms with E-state index in [0.717, 1.165) is 30.1 Å². The Morgan fingerprint density at radius 1 is 1.41 bits per heavy atom. The van der Waals surface area contributed by atoms with E-state index in [2.05, 4.69) is 23.9 Å². The molecule has 0 fully saturated rings. The number of hydrogen-bond acceptors (Lipinski definition) is 4. The molecule has 0 bridgehead atoms. The summed E-state index contributed by atoms with van der Waals surface area (Å²) in [5.41, 5.74) is 8.05. The van der Waals surface area contributed by atoms with E-state index in [1.165, 1.54) is 12.8 Å². The molecule has 0 spiro atoms. The van der Waals surface area contributed by atoms with E-state index in [1.54, 1.807) is 0 Å². The van der Waals surface area contributed by atoms with Crippen molar-refractivity contribution in [3.05, 3.63) is 24.1 Å². The lowest BCUT2D eigenvalue weighted by molar-refractivity contribution is 0.288. The fraction of sp³-hybridized carbons (Fsp3) is 0.462. The van der Waals surface area contributed by atoms with Gasteiger partial charge in [-0.25, -0.2) is 4.98 Å². The molecule has 0 atom stereocenters. The van der Waals surface area contributed by atoms with Gasteiger partial charge < -0.3 is 10.2 Å². The minimum absolute atomic E-state index is 0.708. The second-order valence-corrected chi connectivity index (χ2v) is 4.43. The topological polar surface area (TPSA) is 55.3 Å². The molecule has 4 heteroatoms. The van der Waals surface area contributed by atoms with Crippen LogP contribution in [0.3, 0.4) is 0 Å². The van der Waals surface area contributed by atoms with Crippen molar-refractivity contribution in [2.45, 2.75) is 26.3 Å². The Hall–Kier alpha value is -1.55. The van der Waals surface area contributed by atoms with Gasteiger partial charge in [-0.05, 0) is 32.1 Å². The SMILES string of the molecule is CCCCN(C)Cc1nc2ccc(N)cc2o1. The molecule has 0 unspecified atom stereocenters. The summed E-state index contributed by atoms with van der Waals surface area (Å²) in [4.78, 5) is 6.66. The summed E-state index contributed by atoms with van der Waals surface area (Å²) in [7, 11) is 2.08. The second kappa shape index (κ2) is 5.19. The number of oxazole rings is 1. The van der Waals surface area contributed by atoms with Crippen LogP contribution in [0.1, 0.15) is 25.7 Å². The van der Waals surface area contributed by atoms with Gasteiger partial charge in [0.1, 0.15) is 5.52 Å². The van der Waals surface area contributed by atoms with E-state index < -0.39 is 0 Å². The van der Waals surface area contributed by atoms with Gasteiger partial charge in [-0.15, -0.1) is 0 Å². The van der Waals surface area contributed by atoms with Crippen LogP contribution < -0.4 is 5.73 Å². The number of nitrogens with two attached hydrogens (primary N) is 1. The van der Waals surface area contributed by atoms with Crippen molar-refractivity contribution in [3.63, 3.8) is 0 Å². The maximum atomic E-state index is 5.70. The zero-order valence-electron chi connectivity index (χ0n) is 10.4. The summed E-state index contributed by atoms with van der Waals surface area (Å²) in [6, 6.07) is 5.55. The summed E-state index contributed by atoms with van der Waals surface area (Å²) < 4.78 is 5.67. The molecule has 2 rings (SSSR count). The van der Waals surface area contributed by atoms with Crippen molar-refractivity contribution in [1.82, 2.24) is 9.88 Å². The molecule has 0 amide bonds. The average molecular weight is 233 g/mol. The van der Waals surface area contributed by atoms with Gasteiger partial charge >= 0.3 is 0 Å². The van der Waals surface area contributed by atoms with E-state index in [1.807, 2.05) is 18.2 Å². The summed E-state index contributed by atoms with van der Waals surface area (Å²) in [6.45, 7) is 4.00. The lowest BCUT2D eigenvalue weighted by Gasteiger charge is -2.12. The zero-order valence-corrected chi connectivity index (χ0v) is 10.4. The number of rotatable bonds is 5. The third-order valence-electron chi connectivity index (χ3n) is 2.76. The van der Waals surface area contributed by atoms with Gasteiger partial charge in [0.25, 0.3) is 0 Å². The zero-order chi connectivity index (χ0) is 12.3. The fourth-order valence-electron chi connectivity index (χ4n) is 1.79. The lowest BCUT2D eigenvalue weighted by Crippen LogP contribution is -2.18. The van der Waals surface area contributed by atoms with Gasteiger partial charge in [0.15, 0.2) is 5.58 Å². The molecule has 0 saturated heterocycles. The van der Waals surface area contributed by atoms with Crippen molar-refractivity contribution in [1.29, 1.82) is 0 Å². The number of fused-ring (bicyclic) bond motifs is 1. The number of unbranched alkanes of at least 4 members (excludes halogenated alkanes) is 1. The summed E-state index contributed by atoms with van der Waals surface area (Å²) >= 11 is 0. The van der Waals surface area contributed by atoms with Crippen molar-refractivity contribution in [2.75, 3.05) is 19.3 Å². The predicted octanol–water partition coefficient (Wildman–Crippen LogP) is 2.64. The quantitative estimate of drug-likeness (QED) is 0.807. The Kier molecular flexibility index (Phi) is 3.64. The van der Waals surface area contributed by atoms with Crippen LogP contribution in [0.5, 0.6) is 0 Å². The first kappa shape index (κ1) is 11.9. The highest BCUT2D eigenvalue weighted by Crippen LogP contribution is 2.19. The van der Waals surface area contributed by atoms with Crippen LogP contribution in [0.4, 0.5) is 5.69 Å². The normalized spacial score (nSPS) is 11.5.